The molecule has 0 spiro atoms. The standard InChI is InChI=1S/C6H12INS/c1-4(5(2)9)8-6(3)7/h4-5,9H,1-3H3. The summed E-state index contributed by atoms with van der Waals surface area (Å²) in [5, 5.41) is 0.356. The SMILES string of the molecule is CC(I)=NC(C)C(C)S. The molecule has 0 amide bonds. The second kappa shape index (κ2) is 4.55. The summed E-state index contributed by atoms with van der Waals surface area (Å²) < 4.78 is 1.10. The van der Waals surface area contributed by atoms with Crippen LogP contribution in [0, 0.1) is 0 Å². The number of nitrogens with zero attached hydrogens (tertiary/aromatic N) is 1. The molecule has 3 heteroatoms. The maximum atomic E-state index is 4.30. The van der Waals surface area contributed by atoms with Gasteiger partial charge in [-0.1, -0.05) is 6.92 Å². The summed E-state index contributed by atoms with van der Waals surface area (Å²) in [5.74, 6) is 0. The number of hydrogen-bond acceptors (Lipinski definition) is 2. The third-order valence-corrected chi connectivity index (χ3v) is 1.79. The van der Waals surface area contributed by atoms with Crippen LogP contribution in [-0.2, 0) is 0 Å². The Labute approximate surface area is 75.9 Å². The predicted molar refractivity (Wildman–Crippen MR) is 55.0 cm³/mol. The zero-order chi connectivity index (χ0) is 7.44. The van der Waals surface area contributed by atoms with Gasteiger partial charge in [0.1, 0.15) is 0 Å². The van der Waals surface area contributed by atoms with Gasteiger partial charge in [0.2, 0.25) is 0 Å². The van der Waals surface area contributed by atoms with Gasteiger partial charge in [-0.25, -0.2) is 0 Å². The van der Waals surface area contributed by atoms with Gasteiger partial charge in [-0.05, 0) is 36.4 Å². The van der Waals surface area contributed by atoms with Crippen molar-refractivity contribution < 1.29 is 0 Å². The van der Waals surface area contributed by atoms with E-state index >= 15 is 0 Å². The summed E-state index contributed by atoms with van der Waals surface area (Å²) in [6, 6.07) is 0.338. The van der Waals surface area contributed by atoms with Crippen molar-refractivity contribution in [2.45, 2.75) is 32.1 Å². The maximum Gasteiger partial charge on any atom is 0.0701 e. The normalized spacial score (nSPS) is 19.4. The minimum absolute atomic E-state index is 0.338. The molecule has 2 unspecified atom stereocenters. The van der Waals surface area contributed by atoms with E-state index in [1.807, 2.05) is 6.92 Å². The van der Waals surface area contributed by atoms with Crippen molar-refractivity contribution >= 4 is 38.9 Å². The fourth-order valence-corrected chi connectivity index (χ4v) is 0.894. The summed E-state index contributed by atoms with van der Waals surface area (Å²) in [5.41, 5.74) is 0. The fourth-order valence-electron chi connectivity index (χ4n) is 0.388. The van der Waals surface area contributed by atoms with Crippen molar-refractivity contribution in [2.75, 3.05) is 0 Å². The van der Waals surface area contributed by atoms with E-state index in [9.17, 15) is 0 Å². The largest absolute Gasteiger partial charge is 0.279 e. The number of halogens is 1. The first-order valence-corrected chi connectivity index (χ1v) is 4.51. The first-order chi connectivity index (χ1) is 4.04. The minimum atomic E-state index is 0.338. The average Bonchev–Trinajstić information content (AvgIpc) is 1.63. The van der Waals surface area contributed by atoms with E-state index in [4.69, 9.17) is 0 Å². The fraction of sp³-hybridized carbons (Fsp3) is 0.833. The first-order valence-electron chi connectivity index (χ1n) is 2.92. The lowest BCUT2D eigenvalue weighted by atomic mass is 10.3. The van der Waals surface area contributed by atoms with E-state index in [2.05, 4.69) is 54.1 Å². The van der Waals surface area contributed by atoms with Crippen LogP contribution < -0.4 is 0 Å². The zero-order valence-electron chi connectivity index (χ0n) is 5.93. The minimum Gasteiger partial charge on any atom is -0.279 e. The summed E-state index contributed by atoms with van der Waals surface area (Å²) >= 11 is 6.46. The van der Waals surface area contributed by atoms with Crippen molar-refractivity contribution in [1.82, 2.24) is 0 Å². The molecule has 0 radical (unpaired) electrons. The van der Waals surface area contributed by atoms with Crippen LogP contribution in [0.1, 0.15) is 20.8 Å². The van der Waals surface area contributed by atoms with Crippen molar-refractivity contribution in [3.05, 3.63) is 0 Å². The highest BCUT2D eigenvalue weighted by Gasteiger charge is 2.03. The molecule has 9 heavy (non-hydrogen) atoms. The molecule has 0 fully saturated rings. The number of rotatable bonds is 2. The maximum absolute atomic E-state index is 4.30. The van der Waals surface area contributed by atoms with E-state index < -0.39 is 0 Å². The topological polar surface area (TPSA) is 12.4 Å². The molecule has 0 heterocycles. The predicted octanol–water partition coefficient (Wildman–Crippen LogP) is 2.55. The Morgan fingerprint density at radius 2 is 2.00 bits per heavy atom. The van der Waals surface area contributed by atoms with Crippen molar-refractivity contribution in [3.8, 4) is 0 Å². The molecule has 0 aromatic rings. The summed E-state index contributed by atoms with van der Waals surface area (Å²) in [6.07, 6.45) is 0. The highest BCUT2D eigenvalue weighted by Crippen LogP contribution is 2.06. The number of aliphatic imine (C=N–C) groups is 1. The van der Waals surface area contributed by atoms with Crippen molar-refractivity contribution in [2.24, 2.45) is 4.99 Å². The van der Waals surface area contributed by atoms with Gasteiger partial charge in [0, 0.05) is 5.25 Å². The van der Waals surface area contributed by atoms with Crippen LogP contribution >= 0.6 is 35.2 Å². The van der Waals surface area contributed by atoms with Gasteiger partial charge >= 0.3 is 0 Å². The van der Waals surface area contributed by atoms with Gasteiger partial charge < -0.3 is 0 Å². The Hall–Kier alpha value is 0.750. The lowest BCUT2D eigenvalue weighted by Gasteiger charge is -2.08. The summed E-state index contributed by atoms with van der Waals surface area (Å²) in [7, 11) is 0. The zero-order valence-corrected chi connectivity index (χ0v) is 8.98. The van der Waals surface area contributed by atoms with E-state index in [-0.39, 0.29) is 0 Å². The lowest BCUT2D eigenvalue weighted by molar-refractivity contribution is 0.739. The number of thiol groups is 1. The summed E-state index contributed by atoms with van der Waals surface area (Å²) in [6.45, 7) is 6.11. The Bertz CT molecular complexity index is 108. The Kier molecular flexibility index (Phi) is 4.93. The molecule has 0 rings (SSSR count). The van der Waals surface area contributed by atoms with Gasteiger partial charge in [-0.3, -0.25) is 4.99 Å². The van der Waals surface area contributed by atoms with E-state index in [1.165, 1.54) is 0 Å². The lowest BCUT2D eigenvalue weighted by Crippen LogP contribution is -2.11. The van der Waals surface area contributed by atoms with Crippen molar-refractivity contribution in [3.63, 3.8) is 0 Å². The molecular formula is C6H12INS. The second-order valence-electron chi connectivity index (χ2n) is 2.11. The van der Waals surface area contributed by atoms with Crippen molar-refractivity contribution in [1.29, 1.82) is 0 Å². The molecule has 0 saturated heterocycles. The molecule has 0 aromatic heterocycles. The molecule has 2 atom stereocenters. The van der Waals surface area contributed by atoms with E-state index in [1.54, 1.807) is 0 Å². The van der Waals surface area contributed by atoms with E-state index in [0.29, 0.717) is 11.3 Å². The van der Waals surface area contributed by atoms with Crippen LogP contribution in [0.5, 0.6) is 0 Å². The van der Waals surface area contributed by atoms with Crippen LogP contribution in [0.4, 0.5) is 0 Å². The van der Waals surface area contributed by atoms with Crippen LogP contribution in [-0.4, -0.2) is 15.0 Å². The average molecular weight is 257 g/mol. The first kappa shape index (κ1) is 9.75. The summed E-state index contributed by atoms with van der Waals surface area (Å²) in [4.78, 5) is 4.30. The Balaban J connectivity index is 3.76. The monoisotopic (exact) mass is 257 g/mol. The quantitative estimate of drug-likeness (QED) is 0.443. The van der Waals surface area contributed by atoms with Crippen LogP contribution in [0.3, 0.4) is 0 Å². The number of hydrogen-bond donors (Lipinski definition) is 1. The third-order valence-electron chi connectivity index (χ3n) is 1.08. The molecule has 0 aliphatic carbocycles. The highest BCUT2D eigenvalue weighted by molar-refractivity contribution is 14.1. The van der Waals surface area contributed by atoms with Gasteiger partial charge in [0.15, 0.2) is 0 Å². The Morgan fingerprint density at radius 3 is 2.11 bits per heavy atom. The Morgan fingerprint density at radius 1 is 1.56 bits per heavy atom. The second-order valence-corrected chi connectivity index (χ2v) is 4.48. The highest BCUT2D eigenvalue weighted by atomic mass is 127. The molecule has 0 N–H and O–H groups in total. The molecule has 0 saturated carbocycles. The van der Waals surface area contributed by atoms with Crippen LogP contribution in [0.15, 0.2) is 4.99 Å². The molecule has 0 aliphatic rings. The molecule has 54 valence electrons. The van der Waals surface area contributed by atoms with Crippen LogP contribution in [0.2, 0.25) is 0 Å². The van der Waals surface area contributed by atoms with Gasteiger partial charge in [0.05, 0.1) is 9.76 Å². The molecular weight excluding hydrogens is 245 g/mol. The molecule has 0 aromatic carbocycles. The van der Waals surface area contributed by atoms with E-state index in [0.717, 1.165) is 3.72 Å². The third kappa shape index (κ3) is 5.21. The molecule has 1 nitrogen and oxygen atoms in total. The molecule has 0 bridgehead atoms. The van der Waals surface area contributed by atoms with Crippen LogP contribution in [0.25, 0.3) is 0 Å². The smallest absolute Gasteiger partial charge is 0.0701 e. The van der Waals surface area contributed by atoms with Gasteiger partial charge in [0.25, 0.3) is 0 Å². The van der Waals surface area contributed by atoms with Gasteiger partial charge in [-0.2, -0.15) is 12.6 Å². The van der Waals surface area contributed by atoms with Gasteiger partial charge in [-0.15, -0.1) is 0 Å². The molecule has 0 aliphatic heterocycles.